The number of anilines is 1. The maximum absolute atomic E-state index is 13.6. The Morgan fingerprint density at radius 2 is 2.00 bits per heavy atom. The summed E-state index contributed by atoms with van der Waals surface area (Å²) in [7, 11) is 0. The Bertz CT molecular complexity index is 1370. The van der Waals surface area contributed by atoms with E-state index in [1.807, 2.05) is 6.07 Å². The quantitative estimate of drug-likeness (QED) is 0.583. The summed E-state index contributed by atoms with van der Waals surface area (Å²) in [5.41, 5.74) is 9.30. The van der Waals surface area contributed by atoms with Gasteiger partial charge in [-0.2, -0.15) is 10.4 Å². The number of hydrogen-bond acceptors (Lipinski definition) is 4. The lowest BCUT2D eigenvalue weighted by atomic mass is 10.0. The van der Waals surface area contributed by atoms with Crippen LogP contribution in [0.25, 0.3) is 11.3 Å². The minimum Gasteiger partial charge on any atom is -0.365 e. The highest BCUT2D eigenvalue weighted by atomic mass is 35.5. The van der Waals surface area contributed by atoms with Crippen molar-refractivity contribution >= 4 is 29.2 Å². The van der Waals surface area contributed by atoms with E-state index < -0.39 is 11.7 Å². The number of carbonyl (C=O) groups excluding carboxylic acids is 2. The molecule has 3 N–H and O–H groups in total. The Kier molecular flexibility index (Phi) is 5.46. The number of rotatable bonds is 4. The molecule has 1 aliphatic carbocycles. The minimum atomic E-state index is -0.694. The van der Waals surface area contributed by atoms with Gasteiger partial charge in [0.25, 0.3) is 5.91 Å². The van der Waals surface area contributed by atoms with Gasteiger partial charge in [0.1, 0.15) is 11.5 Å². The highest BCUT2D eigenvalue weighted by molar-refractivity contribution is 6.31. The zero-order valence-electron chi connectivity index (χ0n) is 18.0. The normalized spacial score (nSPS) is 14.9. The lowest BCUT2D eigenvalue weighted by Crippen LogP contribution is -2.41. The summed E-state index contributed by atoms with van der Waals surface area (Å²) in [6.45, 7) is 0.852. The van der Waals surface area contributed by atoms with E-state index in [2.05, 4.69) is 16.5 Å². The van der Waals surface area contributed by atoms with Crippen molar-refractivity contribution in [2.75, 3.05) is 11.9 Å². The van der Waals surface area contributed by atoms with E-state index in [0.29, 0.717) is 47.2 Å². The number of benzene rings is 2. The summed E-state index contributed by atoms with van der Waals surface area (Å²) < 4.78 is 15.3. The van der Waals surface area contributed by atoms with Crippen LogP contribution in [0.2, 0.25) is 5.02 Å². The zero-order chi connectivity index (χ0) is 24.0. The molecular formula is C24H20ClFN6O2. The molecule has 34 heavy (non-hydrogen) atoms. The molecule has 0 unspecified atom stereocenters. The van der Waals surface area contributed by atoms with Crippen molar-refractivity contribution < 1.29 is 14.0 Å². The number of nitrogens with zero attached hydrogens (tertiary/aromatic N) is 4. The van der Waals surface area contributed by atoms with E-state index in [0.717, 1.165) is 18.4 Å². The van der Waals surface area contributed by atoms with Crippen LogP contribution in [0.1, 0.15) is 45.9 Å². The van der Waals surface area contributed by atoms with Gasteiger partial charge in [0.15, 0.2) is 0 Å². The van der Waals surface area contributed by atoms with Gasteiger partial charge < -0.3 is 16.0 Å². The monoisotopic (exact) mass is 478 g/mol. The molecule has 3 aromatic rings. The van der Waals surface area contributed by atoms with Crippen LogP contribution in [0.4, 0.5) is 14.9 Å². The van der Waals surface area contributed by atoms with E-state index in [1.54, 1.807) is 21.7 Å². The molecule has 1 saturated carbocycles. The topological polar surface area (TPSA) is 117 Å². The van der Waals surface area contributed by atoms with Gasteiger partial charge in [-0.25, -0.2) is 9.18 Å². The van der Waals surface area contributed by atoms with Crippen molar-refractivity contribution in [2.24, 2.45) is 5.73 Å². The summed E-state index contributed by atoms with van der Waals surface area (Å²) in [4.78, 5) is 26.9. The van der Waals surface area contributed by atoms with Crippen molar-refractivity contribution in [2.45, 2.75) is 31.8 Å². The van der Waals surface area contributed by atoms with Crippen molar-refractivity contribution in [3.8, 4) is 17.3 Å². The van der Waals surface area contributed by atoms with Gasteiger partial charge in [-0.05, 0) is 60.7 Å². The van der Waals surface area contributed by atoms with E-state index >= 15 is 0 Å². The van der Waals surface area contributed by atoms with Crippen LogP contribution in [0.3, 0.4) is 0 Å². The first-order valence-electron chi connectivity index (χ1n) is 10.8. The third-order valence-corrected chi connectivity index (χ3v) is 6.44. The molecular weight excluding hydrogens is 459 g/mol. The number of amides is 3. The second kappa shape index (κ2) is 8.47. The molecule has 172 valence electrons. The number of halogens is 2. The summed E-state index contributed by atoms with van der Waals surface area (Å²) >= 11 is 5.91. The van der Waals surface area contributed by atoms with E-state index in [-0.39, 0.29) is 23.2 Å². The average molecular weight is 479 g/mol. The molecule has 8 nitrogen and oxygen atoms in total. The SMILES string of the molecule is N#Cc1ccc(NC(=O)N2CCn3nc(-c4ccc(F)c(Cl)c4)c(C(N)=O)c3C2)cc1C1CC1. The second-order valence-electron chi connectivity index (χ2n) is 8.43. The summed E-state index contributed by atoms with van der Waals surface area (Å²) in [5.74, 6) is -0.905. The fourth-order valence-corrected chi connectivity index (χ4v) is 4.45. The molecule has 2 aromatic carbocycles. The highest BCUT2D eigenvalue weighted by Crippen LogP contribution is 2.42. The number of aromatic nitrogens is 2. The Labute approximate surface area is 199 Å². The largest absolute Gasteiger partial charge is 0.365 e. The predicted octanol–water partition coefficient (Wildman–Crippen LogP) is 4.24. The molecule has 5 rings (SSSR count). The second-order valence-corrected chi connectivity index (χ2v) is 8.83. The Hall–Kier alpha value is -3.90. The van der Waals surface area contributed by atoms with Crippen molar-refractivity contribution in [3.63, 3.8) is 0 Å². The van der Waals surface area contributed by atoms with Crippen LogP contribution in [-0.4, -0.2) is 33.2 Å². The molecule has 1 fully saturated rings. The van der Waals surface area contributed by atoms with Crippen molar-refractivity contribution in [3.05, 3.63) is 69.6 Å². The molecule has 0 radical (unpaired) electrons. The van der Waals surface area contributed by atoms with Crippen LogP contribution < -0.4 is 11.1 Å². The summed E-state index contributed by atoms with van der Waals surface area (Å²) in [5, 5.41) is 16.6. The maximum atomic E-state index is 13.6. The number of urea groups is 1. The predicted molar refractivity (Wildman–Crippen MR) is 124 cm³/mol. The van der Waals surface area contributed by atoms with Crippen LogP contribution in [0.15, 0.2) is 36.4 Å². The lowest BCUT2D eigenvalue weighted by Gasteiger charge is -2.28. The van der Waals surface area contributed by atoms with Crippen molar-refractivity contribution in [1.82, 2.24) is 14.7 Å². The molecule has 1 aliphatic heterocycles. The molecule has 2 heterocycles. The van der Waals surface area contributed by atoms with Gasteiger partial charge in [0.2, 0.25) is 0 Å². The molecule has 10 heteroatoms. The van der Waals surface area contributed by atoms with Gasteiger partial charge in [-0.15, -0.1) is 0 Å². The minimum absolute atomic E-state index is 0.0899. The molecule has 0 bridgehead atoms. The molecule has 0 spiro atoms. The molecule has 1 aromatic heterocycles. The number of nitrogens with one attached hydrogen (secondary N) is 1. The Morgan fingerprint density at radius 1 is 1.21 bits per heavy atom. The van der Waals surface area contributed by atoms with Gasteiger partial charge in [0.05, 0.1) is 41.0 Å². The first-order valence-corrected chi connectivity index (χ1v) is 11.2. The zero-order valence-corrected chi connectivity index (χ0v) is 18.8. The maximum Gasteiger partial charge on any atom is 0.322 e. The Balaban J connectivity index is 1.40. The number of carbonyl (C=O) groups is 2. The van der Waals surface area contributed by atoms with Gasteiger partial charge in [-0.1, -0.05) is 11.6 Å². The van der Waals surface area contributed by atoms with Gasteiger partial charge >= 0.3 is 6.03 Å². The lowest BCUT2D eigenvalue weighted by molar-refractivity contribution is 0.0997. The van der Waals surface area contributed by atoms with Crippen LogP contribution in [-0.2, 0) is 13.1 Å². The van der Waals surface area contributed by atoms with Crippen molar-refractivity contribution in [1.29, 1.82) is 5.26 Å². The number of nitriles is 1. The molecule has 0 atom stereocenters. The third-order valence-electron chi connectivity index (χ3n) is 6.15. The van der Waals surface area contributed by atoms with Crippen LogP contribution in [0.5, 0.6) is 0 Å². The smallest absolute Gasteiger partial charge is 0.322 e. The molecule has 2 aliphatic rings. The molecule has 3 amide bonds. The van der Waals surface area contributed by atoms with E-state index in [9.17, 15) is 19.2 Å². The first kappa shape index (κ1) is 21.9. The van der Waals surface area contributed by atoms with Crippen LogP contribution >= 0.6 is 11.6 Å². The first-order chi connectivity index (χ1) is 16.4. The average Bonchev–Trinajstić information content (AvgIpc) is 3.59. The highest BCUT2D eigenvalue weighted by Gasteiger charge is 2.30. The van der Waals surface area contributed by atoms with E-state index in [1.165, 1.54) is 18.2 Å². The van der Waals surface area contributed by atoms with Gasteiger partial charge in [-0.3, -0.25) is 9.48 Å². The van der Waals surface area contributed by atoms with Crippen LogP contribution in [0, 0.1) is 17.1 Å². The van der Waals surface area contributed by atoms with Gasteiger partial charge in [0, 0.05) is 17.8 Å². The fourth-order valence-electron chi connectivity index (χ4n) is 4.27. The standard InChI is InChI=1S/C24H20ClFN6O2/c25-18-9-14(4-6-19(18)26)22-21(23(28)33)20-12-31(7-8-32(20)30-22)24(34)29-16-5-3-15(11-27)17(10-16)13-1-2-13/h3-6,9-10,13H,1-2,7-8,12H2,(H2,28,33)(H,29,34). The summed E-state index contributed by atoms with van der Waals surface area (Å²) in [6, 6.07) is 11.2. The molecule has 0 saturated heterocycles. The Morgan fingerprint density at radius 3 is 2.68 bits per heavy atom. The number of nitrogens with two attached hydrogens (primary N) is 1. The van der Waals surface area contributed by atoms with E-state index in [4.69, 9.17) is 17.3 Å². The fraction of sp³-hybridized carbons (Fsp3) is 0.250. The third kappa shape index (κ3) is 3.97. The number of fused-ring (bicyclic) bond motifs is 1. The number of hydrogen-bond donors (Lipinski definition) is 2. The number of primary amides is 1. The summed E-state index contributed by atoms with van der Waals surface area (Å²) in [6.07, 6.45) is 2.08.